The molecule has 2 aliphatic rings. The lowest BCUT2D eigenvalue weighted by molar-refractivity contribution is 0.102. The van der Waals surface area contributed by atoms with Crippen molar-refractivity contribution in [1.82, 2.24) is 4.90 Å². The van der Waals surface area contributed by atoms with Crippen LogP contribution in [0.25, 0.3) is 0 Å². The van der Waals surface area contributed by atoms with Crippen LogP contribution in [0.5, 0.6) is 5.75 Å². The van der Waals surface area contributed by atoms with Gasteiger partial charge in [-0.25, -0.2) is 0 Å². The van der Waals surface area contributed by atoms with Crippen molar-refractivity contribution in [3.8, 4) is 11.8 Å². The van der Waals surface area contributed by atoms with Gasteiger partial charge in [0.15, 0.2) is 0 Å². The second-order valence-corrected chi connectivity index (χ2v) is 6.84. The van der Waals surface area contributed by atoms with Gasteiger partial charge in [-0.05, 0) is 67.3 Å². The van der Waals surface area contributed by atoms with E-state index in [1.54, 1.807) is 18.2 Å². The summed E-state index contributed by atoms with van der Waals surface area (Å²) in [6.45, 7) is 2.30. The molecular weight excluding hydrogens is 362 g/mol. The number of nitrogens with one attached hydrogen (secondary N) is 1. The number of hydrogen-bond acceptors (Lipinski definition) is 4. The van der Waals surface area contributed by atoms with E-state index in [0.717, 1.165) is 18.7 Å². The highest BCUT2D eigenvalue weighted by molar-refractivity contribution is 6.04. The summed E-state index contributed by atoms with van der Waals surface area (Å²) >= 11 is 0. The molecule has 0 bridgehead atoms. The molecule has 0 radical (unpaired) electrons. The van der Waals surface area contributed by atoms with Gasteiger partial charge >= 0.3 is 0 Å². The van der Waals surface area contributed by atoms with E-state index in [-0.39, 0.29) is 18.3 Å². The Morgan fingerprint density at radius 3 is 2.89 bits per heavy atom. The van der Waals surface area contributed by atoms with Crippen LogP contribution in [-0.4, -0.2) is 31.0 Å². The SMILES string of the molecule is COc1ccc(C(=O)Nc2ccc3c(c2)C2CCCN2CC3)cc1C#N.Cl. The summed E-state index contributed by atoms with van der Waals surface area (Å²) in [6.07, 6.45) is 3.50. The monoisotopic (exact) mass is 383 g/mol. The first-order chi connectivity index (χ1) is 12.7. The molecular formula is C21H22ClN3O2. The molecule has 1 N–H and O–H groups in total. The van der Waals surface area contributed by atoms with Crippen LogP contribution >= 0.6 is 12.4 Å². The Morgan fingerprint density at radius 2 is 2.11 bits per heavy atom. The van der Waals surface area contributed by atoms with Gasteiger partial charge in [-0.15, -0.1) is 12.4 Å². The van der Waals surface area contributed by atoms with Crippen LogP contribution in [0, 0.1) is 11.3 Å². The number of nitrogens with zero attached hydrogens (tertiary/aromatic N) is 2. The maximum Gasteiger partial charge on any atom is 0.255 e. The fraction of sp³-hybridized carbons (Fsp3) is 0.333. The first kappa shape index (κ1) is 19.2. The molecule has 6 heteroatoms. The van der Waals surface area contributed by atoms with Gasteiger partial charge in [-0.3, -0.25) is 9.69 Å². The minimum Gasteiger partial charge on any atom is -0.495 e. The third kappa shape index (κ3) is 3.64. The number of carbonyl (C=O) groups excluding carboxylic acids is 1. The van der Waals surface area contributed by atoms with Crippen molar-refractivity contribution in [1.29, 1.82) is 5.26 Å². The van der Waals surface area contributed by atoms with Gasteiger partial charge in [0.05, 0.1) is 12.7 Å². The fourth-order valence-electron chi connectivity index (χ4n) is 4.06. The number of nitriles is 1. The first-order valence-corrected chi connectivity index (χ1v) is 8.96. The minimum atomic E-state index is -0.219. The number of carbonyl (C=O) groups is 1. The van der Waals surface area contributed by atoms with Gasteiger partial charge < -0.3 is 10.1 Å². The zero-order valence-corrected chi connectivity index (χ0v) is 16.0. The van der Waals surface area contributed by atoms with E-state index in [2.05, 4.69) is 28.4 Å². The molecule has 0 spiro atoms. The summed E-state index contributed by atoms with van der Waals surface area (Å²) in [5.41, 5.74) is 4.34. The van der Waals surface area contributed by atoms with Gasteiger partial charge in [-0.2, -0.15) is 5.26 Å². The highest BCUT2D eigenvalue weighted by Crippen LogP contribution is 2.38. The Bertz CT molecular complexity index is 907. The molecule has 0 aliphatic carbocycles. The number of amides is 1. The smallest absolute Gasteiger partial charge is 0.255 e. The summed E-state index contributed by atoms with van der Waals surface area (Å²) in [4.78, 5) is 15.1. The van der Waals surface area contributed by atoms with Crippen LogP contribution in [-0.2, 0) is 6.42 Å². The Morgan fingerprint density at radius 1 is 1.26 bits per heavy atom. The van der Waals surface area contributed by atoms with Crippen molar-refractivity contribution in [2.45, 2.75) is 25.3 Å². The highest BCUT2D eigenvalue weighted by atomic mass is 35.5. The van der Waals surface area contributed by atoms with E-state index in [0.29, 0.717) is 22.9 Å². The second-order valence-electron chi connectivity index (χ2n) is 6.84. The standard InChI is InChI=1S/C21H21N3O2.ClH/c1-26-20-7-5-15(11-16(20)13-22)21(25)23-17-6-4-14-8-10-24-9-2-3-19(24)18(14)12-17;/h4-7,11-12,19H,2-3,8-10H2,1H3,(H,23,25);1H. The van der Waals surface area contributed by atoms with Crippen LogP contribution in [0.3, 0.4) is 0 Å². The van der Waals surface area contributed by atoms with Crippen LogP contribution < -0.4 is 10.1 Å². The van der Waals surface area contributed by atoms with E-state index in [1.807, 2.05) is 6.07 Å². The lowest BCUT2D eigenvalue weighted by atomic mass is 9.92. The van der Waals surface area contributed by atoms with E-state index < -0.39 is 0 Å². The number of halogens is 1. The highest BCUT2D eigenvalue weighted by Gasteiger charge is 2.31. The molecule has 2 aromatic carbocycles. The molecule has 140 valence electrons. The van der Waals surface area contributed by atoms with Crippen LogP contribution in [0.2, 0.25) is 0 Å². The quantitative estimate of drug-likeness (QED) is 0.872. The summed E-state index contributed by atoms with van der Waals surface area (Å²) in [6, 6.07) is 13.6. The number of hydrogen-bond donors (Lipinski definition) is 1. The van der Waals surface area contributed by atoms with Crippen molar-refractivity contribution in [2.75, 3.05) is 25.5 Å². The fourth-order valence-corrected chi connectivity index (χ4v) is 4.06. The molecule has 2 aromatic rings. The van der Waals surface area contributed by atoms with Crippen LogP contribution in [0.4, 0.5) is 5.69 Å². The van der Waals surface area contributed by atoms with Crippen molar-refractivity contribution < 1.29 is 9.53 Å². The van der Waals surface area contributed by atoms with Gasteiger partial charge in [-0.1, -0.05) is 6.07 Å². The van der Waals surface area contributed by atoms with Gasteiger partial charge in [0, 0.05) is 23.8 Å². The topological polar surface area (TPSA) is 65.4 Å². The molecule has 0 aromatic heterocycles. The maximum atomic E-state index is 12.6. The lowest BCUT2D eigenvalue weighted by Crippen LogP contribution is -2.31. The number of ether oxygens (including phenoxy) is 1. The third-order valence-electron chi connectivity index (χ3n) is 5.38. The molecule has 27 heavy (non-hydrogen) atoms. The molecule has 0 saturated carbocycles. The van der Waals surface area contributed by atoms with Gasteiger partial charge in [0.2, 0.25) is 0 Å². The molecule has 2 heterocycles. The predicted molar refractivity (Wildman–Crippen MR) is 107 cm³/mol. The van der Waals surface area contributed by atoms with E-state index in [1.165, 1.54) is 37.6 Å². The number of rotatable bonds is 3. The Hall–Kier alpha value is -2.55. The van der Waals surface area contributed by atoms with Crippen LogP contribution in [0.15, 0.2) is 36.4 Å². The van der Waals surface area contributed by atoms with Crippen LogP contribution in [0.1, 0.15) is 45.9 Å². The van der Waals surface area contributed by atoms with Crippen molar-refractivity contribution >= 4 is 24.0 Å². The molecule has 1 fully saturated rings. The maximum absolute atomic E-state index is 12.6. The van der Waals surface area contributed by atoms with E-state index >= 15 is 0 Å². The van der Waals surface area contributed by atoms with E-state index in [9.17, 15) is 10.1 Å². The second kappa shape index (κ2) is 7.99. The van der Waals surface area contributed by atoms with Crippen molar-refractivity contribution in [2.24, 2.45) is 0 Å². The molecule has 5 nitrogen and oxygen atoms in total. The van der Waals surface area contributed by atoms with E-state index in [4.69, 9.17) is 4.74 Å². The first-order valence-electron chi connectivity index (χ1n) is 8.96. The lowest BCUT2D eigenvalue weighted by Gasteiger charge is -2.32. The predicted octanol–water partition coefficient (Wildman–Crippen LogP) is 3.93. The average Bonchev–Trinajstić information content (AvgIpc) is 3.16. The van der Waals surface area contributed by atoms with Gasteiger partial charge in [0.1, 0.15) is 11.8 Å². The number of benzene rings is 2. The molecule has 1 unspecified atom stereocenters. The Labute approximate surface area is 165 Å². The Balaban J connectivity index is 0.00000210. The van der Waals surface area contributed by atoms with Crippen molar-refractivity contribution in [3.63, 3.8) is 0 Å². The largest absolute Gasteiger partial charge is 0.495 e. The summed E-state index contributed by atoms with van der Waals surface area (Å²) < 4.78 is 5.13. The zero-order chi connectivity index (χ0) is 18.1. The molecule has 1 amide bonds. The summed E-state index contributed by atoms with van der Waals surface area (Å²) in [5.74, 6) is 0.252. The molecule has 2 aliphatic heterocycles. The zero-order valence-electron chi connectivity index (χ0n) is 15.2. The molecule has 1 atom stereocenters. The molecule has 4 rings (SSSR count). The number of fused-ring (bicyclic) bond motifs is 3. The summed E-state index contributed by atoms with van der Waals surface area (Å²) in [7, 11) is 1.51. The summed E-state index contributed by atoms with van der Waals surface area (Å²) in [5, 5.41) is 12.2. The third-order valence-corrected chi connectivity index (χ3v) is 5.38. The number of methoxy groups -OCH3 is 1. The normalized spacial score (nSPS) is 17.9. The Kier molecular flexibility index (Phi) is 5.69. The minimum absolute atomic E-state index is 0. The average molecular weight is 384 g/mol. The van der Waals surface area contributed by atoms with Crippen molar-refractivity contribution in [3.05, 3.63) is 58.7 Å². The molecule has 1 saturated heterocycles. The van der Waals surface area contributed by atoms with Gasteiger partial charge in [0.25, 0.3) is 5.91 Å². The number of anilines is 1.